The molecule has 0 amide bonds. The lowest BCUT2D eigenvalue weighted by Crippen LogP contribution is -2.03. The van der Waals surface area contributed by atoms with E-state index in [9.17, 15) is 16.8 Å². The van der Waals surface area contributed by atoms with Gasteiger partial charge in [0.05, 0.1) is 26.7 Å². The second-order valence-corrected chi connectivity index (χ2v) is 14.2. The highest BCUT2D eigenvalue weighted by Gasteiger charge is 2.19. The van der Waals surface area contributed by atoms with E-state index in [0.29, 0.717) is 12.2 Å². The normalized spacial score (nSPS) is 11.0. The molecule has 43 heavy (non-hydrogen) atoms. The summed E-state index contributed by atoms with van der Waals surface area (Å²) in [7, 11) is -5.67. The summed E-state index contributed by atoms with van der Waals surface area (Å²) in [5.74, 6) is 0.590. The summed E-state index contributed by atoms with van der Waals surface area (Å²) in [6.07, 6.45) is 7.26. The van der Waals surface area contributed by atoms with E-state index in [2.05, 4.69) is 27.7 Å². The zero-order chi connectivity index (χ0) is 31.9. The van der Waals surface area contributed by atoms with Gasteiger partial charge in [-0.3, -0.25) is 0 Å². The van der Waals surface area contributed by atoms with Crippen LogP contribution in [0.15, 0.2) is 117 Å². The van der Waals surface area contributed by atoms with Crippen molar-refractivity contribution in [3.05, 3.63) is 114 Å². The molecule has 0 aromatic heterocycles. The highest BCUT2D eigenvalue weighted by Crippen LogP contribution is 2.25. The van der Waals surface area contributed by atoms with Crippen molar-refractivity contribution in [2.45, 2.75) is 92.7 Å². The van der Waals surface area contributed by atoms with Gasteiger partial charge < -0.3 is 4.74 Å². The van der Waals surface area contributed by atoms with E-state index in [0.717, 1.165) is 16.7 Å². The third-order valence-corrected chi connectivity index (χ3v) is 10.4. The van der Waals surface area contributed by atoms with Crippen LogP contribution in [-0.4, -0.2) is 23.9 Å². The molecule has 0 atom stereocenters. The SMILES string of the molecule is CCCC.CCCCC.COc1ccc(S(=O)(=O)c2ccc(Cc3ccc(S(=O)(=O)c4ccc(C)cc4)cc3)cc2)cc1. The molecule has 0 saturated carbocycles. The molecule has 4 aromatic carbocycles. The Morgan fingerprint density at radius 3 is 1.09 bits per heavy atom. The van der Waals surface area contributed by atoms with Crippen molar-refractivity contribution in [1.82, 2.24) is 0 Å². The van der Waals surface area contributed by atoms with Crippen LogP contribution in [0.5, 0.6) is 5.75 Å². The molecule has 0 unspecified atom stereocenters. The Hall–Kier alpha value is -3.42. The van der Waals surface area contributed by atoms with Crippen LogP contribution in [0.25, 0.3) is 0 Å². The molecule has 232 valence electrons. The number of rotatable bonds is 10. The quantitative estimate of drug-likeness (QED) is 0.176. The fourth-order valence-electron chi connectivity index (χ4n) is 3.91. The van der Waals surface area contributed by atoms with E-state index >= 15 is 0 Å². The van der Waals surface area contributed by atoms with Crippen molar-refractivity contribution in [3.8, 4) is 5.75 Å². The zero-order valence-corrected chi connectivity index (χ0v) is 28.0. The summed E-state index contributed by atoms with van der Waals surface area (Å²) in [6, 6.07) is 26.5. The minimum atomic E-state index is -3.63. The predicted octanol–water partition coefficient (Wildman–Crippen LogP) is 9.26. The lowest BCUT2D eigenvalue weighted by molar-refractivity contribution is 0.414. The van der Waals surface area contributed by atoms with E-state index in [1.54, 1.807) is 84.9 Å². The van der Waals surface area contributed by atoms with Crippen LogP contribution in [0, 0.1) is 6.92 Å². The molecule has 0 spiro atoms. The average Bonchev–Trinajstić information content (AvgIpc) is 3.02. The molecule has 4 aromatic rings. The van der Waals surface area contributed by atoms with Gasteiger partial charge in [-0.05, 0) is 85.1 Å². The third kappa shape index (κ3) is 10.7. The van der Waals surface area contributed by atoms with Gasteiger partial charge in [0.15, 0.2) is 0 Å². The Morgan fingerprint density at radius 2 is 0.814 bits per heavy atom. The Labute approximate surface area is 259 Å². The van der Waals surface area contributed by atoms with Crippen LogP contribution in [0.4, 0.5) is 0 Å². The minimum absolute atomic E-state index is 0.200. The first-order chi connectivity index (χ1) is 20.5. The van der Waals surface area contributed by atoms with Gasteiger partial charge in [0.1, 0.15) is 5.75 Å². The van der Waals surface area contributed by atoms with Gasteiger partial charge in [-0.2, -0.15) is 0 Å². The Bertz CT molecular complexity index is 1570. The monoisotopic (exact) mass is 622 g/mol. The van der Waals surface area contributed by atoms with Crippen molar-refractivity contribution in [2.24, 2.45) is 0 Å². The van der Waals surface area contributed by atoms with Crippen molar-refractivity contribution in [2.75, 3.05) is 7.11 Å². The standard InChI is InChI=1S/C27H24O5S2.C5H12.C4H10/c1-20-3-11-24(12-4-20)33(28,29)25-13-5-21(6-14-25)19-22-7-15-26(16-8-22)34(30,31)27-17-9-23(32-2)10-18-27;1-3-5-4-2;1-3-4-2/h3-18H,19H2,1-2H3;3-5H2,1-2H3;3-4H2,1-2H3. The van der Waals surface area contributed by atoms with Gasteiger partial charge >= 0.3 is 0 Å². The van der Waals surface area contributed by atoms with E-state index in [1.165, 1.54) is 51.3 Å². The smallest absolute Gasteiger partial charge is 0.206 e. The van der Waals surface area contributed by atoms with Crippen molar-refractivity contribution < 1.29 is 21.6 Å². The summed E-state index contributed by atoms with van der Waals surface area (Å²) >= 11 is 0. The van der Waals surface area contributed by atoms with Gasteiger partial charge in [0.2, 0.25) is 19.7 Å². The first-order valence-electron chi connectivity index (χ1n) is 14.9. The number of methoxy groups -OCH3 is 1. The molecule has 0 heterocycles. The lowest BCUT2D eigenvalue weighted by atomic mass is 10.1. The summed E-state index contributed by atoms with van der Waals surface area (Å²) in [4.78, 5) is 0.910. The van der Waals surface area contributed by atoms with Crippen LogP contribution < -0.4 is 4.74 Å². The molecule has 0 aliphatic heterocycles. The molecule has 0 aliphatic rings. The maximum Gasteiger partial charge on any atom is 0.206 e. The first-order valence-corrected chi connectivity index (χ1v) is 17.9. The second-order valence-electron chi connectivity index (χ2n) is 10.3. The lowest BCUT2D eigenvalue weighted by Gasteiger charge is -2.09. The fourth-order valence-corrected chi connectivity index (χ4v) is 6.43. The number of hydrogen-bond donors (Lipinski definition) is 0. The molecule has 0 aliphatic carbocycles. The highest BCUT2D eigenvalue weighted by atomic mass is 32.2. The fraction of sp³-hybridized carbons (Fsp3) is 0.333. The van der Waals surface area contributed by atoms with Crippen LogP contribution >= 0.6 is 0 Å². The average molecular weight is 623 g/mol. The number of aryl methyl sites for hydroxylation is 1. The molecule has 0 bridgehead atoms. The Morgan fingerprint density at radius 1 is 0.488 bits per heavy atom. The van der Waals surface area contributed by atoms with Gasteiger partial charge in [-0.15, -0.1) is 0 Å². The number of ether oxygens (including phenoxy) is 1. The van der Waals surface area contributed by atoms with Gasteiger partial charge in [-0.1, -0.05) is 102 Å². The van der Waals surface area contributed by atoms with E-state index in [-0.39, 0.29) is 19.6 Å². The third-order valence-electron chi connectivity index (χ3n) is 6.78. The summed E-state index contributed by atoms with van der Waals surface area (Å²) in [5.41, 5.74) is 2.84. The Kier molecular flexibility index (Phi) is 14.7. The summed E-state index contributed by atoms with van der Waals surface area (Å²) in [6.45, 7) is 10.7. The van der Waals surface area contributed by atoms with E-state index in [4.69, 9.17) is 4.74 Å². The van der Waals surface area contributed by atoms with E-state index in [1.807, 2.05) is 6.92 Å². The number of sulfone groups is 2. The van der Waals surface area contributed by atoms with Gasteiger partial charge in [0.25, 0.3) is 0 Å². The van der Waals surface area contributed by atoms with Crippen LogP contribution in [0.3, 0.4) is 0 Å². The number of unbranched alkanes of at least 4 members (excludes halogenated alkanes) is 3. The van der Waals surface area contributed by atoms with Crippen molar-refractivity contribution >= 4 is 19.7 Å². The van der Waals surface area contributed by atoms with E-state index < -0.39 is 19.7 Å². The van der Waals surface area contributed by atoms with Crippen LogP contribution in [0.1, 0.15) is 76.5 Å². The molecule has 0 N–H and O–H groups in total. The maximum absolute atomic E-state index is 12.9. The van der Waals surface area contributed by atoms with Gasteiger partial charge in [-0.25, -0.2) is 16.8 Å². The van der Waals surface area contributed by atoms with Gasteiger partial charge in [0, 0.05) is 0 Å². The molecule has 0 radical (unpaired) electrons. The largest absolute Gasteiger partial charge is 0.497 e. The maximum atomic E-state index is 12.9. The highest BCUT2D eigenvalue weighted by molar-refractivity contribution is 7.91. The molecular weight excluding hydrogens is 577 g/mol. The summed E-state index contributed by atoms with van der Waals surface area (Å²) < 4.78 is 56.5. The van der Waals surface area contributed by atoms with Crippen molar-refractivity contribution in [1.29, 1.82) is 0 Å². The molecular formula is C36H46O5S2. The molecule has 4 rings (SSSR count). The molecule has 0 fully saturated rings. The van der Waals surface area contributed by atoms with Crippen LogP contribution in [0.2, 0.25) is 0 Å². The van der Waals surface area contributed by atoms with Crippen molar-refractivity contribution in [3.63, 3.8) is 0 Å². The number of benzene rings is 4. The van der Waals surface area contributed by atoms with Crippen LogP contribution in [-0.2, 0) is 26.1 Å². The minimum Gasteiger partial charge on any atom is -0.497 e. The predicted molar refractivity (Wildman–Crippen MR) is 177 cm³/mol. The Balaban J connectivity index is 0.000000630. The molecule has 7 heteroatoms. The topological polar surface area (TPSA) is 77.5 Å². The summed E-state index contributed by atoms with van der Waals surface area (Å²) in [5, 5.41) is 0. The second kappa shape index (κ2) is 17.6. The number of hydrogen-bond acceptors (Lipinski definition) is 5. The molecule has 5 nitrogen and oxygen atoms in total. The zero-order valence-electron chi connectivity index (χ0n) is 26.3. The first kappa shape index (κ1) is 35.8. The molecule has 0 saturated heterocycles.